The number of unbranched alkanes of at least 4 members (excludes halogenated alkanes) is 1. The molecule has 0 aliphatic heterocycles. The number of hydrogen-bond donors (Lipinski definition) is 0. The fourth-order valence-corrected chi connectivity index (χ4v) is 2.70. The van der Waals surface area contributed by atoms with Crippen molar-refractivity contribution in [3.63, 3.8) is 0 Å². The van der Waals surface area contributed by atoms with Crippen LogP contribution in [0.15, 0.2) is 11.2 Å². The number of aromatic nitrogens is 2. The molecule has 0 radical (unpaired) electrons. The highest BCUT2D eigenvalue weighted by molar-refractivity contribution is 8.01. The quantitative estimate of drug-likeness (QED) is 0.295. The molecule has 0 aliphatic rings. The lowest BCUT2D eigenvalue weighted by Gasteiger charge is -2.29. The molecule has 23 heavy (non-hydrogen) atoms. The molecule has 0 N–H and O–H groups in total. The van der Waals surface area contributed by atoms with Crippen LogP contribution in [0.4, 0.5) is 0 Å². The van der Waals surface area contributed by atoms with Gasteiger partial charge in [0, 0.05) is 0 Å². The highest BCUT2D eigenvalue weighted by Crippen LogP contribution is 2.39. The number of esters is 1. The van der Waals surface area contributed by atoms with Crippen molar-refractivity contribution in [3.05, 3.63) is 6.07 Å². The second-order valence-corrected chi connectivity index (χ2v) is 7.01. The fraction of sp³-hybridized carbons (Fsp3) is 0.688. The van der Waals surface area contributed by atoms with E-state index in [-0.39, 0.29) is 11.9 Å². The molecule has 1 aromatic heterocycles. The van der Waals surface area contributed by atoms with Gasteiger partial charge in [0.25, 0.3) is 0 Å². The third-order valence-electron chi connectivity index (χ3n) is 3.62. The van der Waals surface area contributed by atoms with E-state index in [0.29, 0.717) is 23.5 Å². The van der Waals surface area contributed by atoms with Gasteiger partial charge >= 0.3 is 5.97 Å². The summed E-state index contributed by atoms with van der Waals surface area (Å²) in [5.41, 5.74) is 0. The summed E-state index contributed by atoms with van der Waals surface area (Å²) in [6.45, 7) is 8.30. The first-order chi connectivity index (χ1) is 10.9. The van der Waals surface area contributed by atoms with Crippen LogP contribution < -0.4 is 9.47 Å². The second-order valence-electron chi connectivity index (χ2n) is 5.59. The van der Waals surface area contributed by atoms with Gasteiger partial charge in [0.05, 0.1) is 26.9 Å². The van der Waals surface area contributed by atoms with Gasteiger partial charge in [0.1, 0.15) is 4.75 Å². The van der Waals surface area contributed by atoms with E-state index in [4.69, 9.17) is 14.2 Å². The van der Waals surface area contributed by atoms with Crippen LogP contribution in [0.2, 0.25) is 0 Å². The van der Waals surface area contributed by atoms with Gasteiger partial charge < -0.3 is 14.2 Å². The van der Waals surface area contributed by atoms with Crippen LogP contribution in [0.1, 0.15) is 40.5 Å². The van der Waals surface area contributed by atoms with Crippen molar-refractivity contribution in [2.24, 2.45) is 5.92 Å². The van der Waals surface area contributed by atoms with Crippen molar-refractivity contribution >= 4 is 17.7 Å². The molecule has 0 amide bonds. The molecule has 0 saturated heterocycles. The van der Waals surface area contributed by atoms with Crippen LogP contribution in [0, 0.1) is 5.92 Å². The van der Waals surface area contributed by atoms with Crippen molar-refractivity contribution < 1.29 is 19.0 Å². The minimum atomic E-state index is -0.787. The molecule has 0 aromatic carbocycles. The fourth-order valence-electron chi connectivity index (χ4n) is 1.68. The Kier molecular flexibility index (Phi) is 7.61. The minimum absolute atomic E-state index is 0.0439. The first-order valence-corrected chi connectivity index (χ1v) is 8.52. The predicted molar refractivity (Wildman–Crippen MR) is 90.1 cm³/mol. The van der Waals surface area contributed by atoms with E-state index in [0.717, 1.165) is 12.8 Å². The third-order valence-corrected chi connectivity index (χ3v) is 5.05. The largest absolute Gasteiger partial charge is 0.481 e. The van der Waals surface area contributed by atoms with Crippen molar-refractivity contribution in [1.29, 1.82) is 0 Å². The van der Waals surface area contributed by atoms with Crippen LogP contribution in [-0.2, 0) is 9.53 Å². The molecule has 1 heterocycles. The van der Waals surface area contributed by atoms with Crippen molar-refractivity contribution in [2.75, 3.05) is 20.8 Å². The molecule has 0 bridgehead atoms. The van der Waals surface area contributed by atoms with Gasteiger partial charge in [0.2, 0.25) is 11.8 Å². The van der Waals surface area contributed by atoms with Crippen LogP contribution in [0.5, 0.6) is 11.8 Å². The standard InChI is InChI=1S/C16H26N2O4S/c1-7-8-9-22-14(19)16(4,11(2)3)23-15-17-12(20-5)10-13(18-15)21-6/h10-11H,7-9H2,1-6H3. The van der Waals surface area contributed by atoms with Gasteiger partial charge in [-0.05, 0) is 19.3 Å². The molecule has 0 spiro atoms. The molecule has 7 heteroatoms. The van der Waals surface area contributed by atoms with Crippen molar-refractivity contribution in [1.82, 2.24) is 9.97 Å². The molecule has 1 unspecified atom stereocenters. The molecule has 0 aliphatic carbocycles. The first-order valence-electron chi connectivity index (χ1n) is 7.70. The number of hydrogen-bond acceptors (Lipinski definition) is 7. The number of carbonyl (C=O) groups excluding carboxylic acids is 1. The summed E-state index contributed by atoms with van der Waals surface area (Å²) in [6.07, 6.45) is 1.84. The van der Waals surface area contributed by atoms with Gasteiger partial charge in [-0.3, -0.25) is 4.79 Å². The summed E-state index contributed by atoms with van der Waals surface area (Å²) < 4.78 is 14.9. The third kappa shape index (κ3) is 5.27. The average Bonchev–Trinajstić information content (AvgIpc) is 2.54. The lowest BCUT2D eigenvalue weighted by Crippen LogP contribution is -2.39. The topological polar surface area (TPSA) is 70.5 Å². The maximum Gasteiger partial charge on any atom is 0.322 e. The summed E-state index contributed by atoms with van der Waals surface area (Å²) in [5, 5.41) is 0.421. The highest BCUT2D eigenvalue weighted by atomic mass is 32.2. The molecule has 0 fully saturated rings. The van der Waals surface area contributed by atoms with Crippen LogP contribution in [0.3, 0.4) is 0 Å². The van der Waals surface area contributed by atoms with E-state index in [1.165, 1.54) is 26.0 Å². The number of rotatable bonds is 9. The van der Waals surface area contributed by atoms with Crippen molar-refractivity contribution in [2.45, 2.75) is 50.4 Å². The number of nitrogens with zero attached hydrogens (tertiary/aromatic N) is 2. The Morgan fingerprint density at radius 3 is 2.26 bits per heavy atom. The molecular formula is C16H26N2O4S. The van der Waals surface area contributed by atoms with Gasteiger partial charge in [-0.25, -0.2) is 0 Å². The maximum absolute atomic E-state index is 12.5. The molecule has 1 rings (SSSR count). The van der Waals surface area contributed by atoms with E-state index in [9.17, 15) is 4.79 Å². The maximum atomic E-state index is 12.5. The molecule has 130 valence electrons. The average molecular weight is 342 g/mol. The van der Waals surface area contributed by atoms with E-state index < -0.39 is 4.75 Å². The van der Waals surface area contributed by atoms with Crippen LogP contribution in [0.25, 0.3) is 0 Å². The Morgan fingerprint density at radius 2 is 1.83 bits per heavy atom. The molecule has 1 aromatic rings. The predicted octanol–water partition coefficient (Wildman–Crippen LogP) is 3.34. The van der Waals surface area contributed by atoms with E-state index >= 15 is 0 Å². The Balaban J connectivity index is 3.00. The van der Waals surface area contributed by atoms with Gasteiger partial charge in [-0.1, -0.05) is 39.0 Å². The first kappa shape index (κ1) is 19.5. The summed E-state index contributed by atoms with van der Waals surface area (Å²) in [6, 6.07) is 1.59. The Morgan fingerprint density at radius 1 is 1.26 bits per heavy atom. The zero-order valence-electron chi connectivity index (χ0n) is 14.7. The second kappa shape index (κ2) is 8.96. The Labute approximate surface area is 142 Å². The SMILES string of the molecule is CCCCOC(=O)C(C)(Sc1nc(OC)cc(OC)n1)C(C)C. The molecule has 0 saturated carbocycles. The lowest BCUT2D eigenvalue weighted by atomic mass is 9.97. The lowest BCUT2D eigenvalue weighted by molar-refractivity contribution is -0.147. The van der Waals surface area contributed by atoms with Crippen LogP contribution in [-0.4, -0.2) is 41.5 Å². The minimum Gasteiger partial charge on any atom is -0.481 e. The summed E-state index contributed by atoms with van der Waals surface area (Å²) in [7, 11) is 3.05. The number of ether oxygens (including phenoxy) is 3. The number of methoxy groups -OCH3 is 2. The number of thioether (sulfide) groups is 1. The highest BCUT2D eigenvalue weighted by Gasteiger charge is 2.40. The summed E-state index contributed by atoms with van der Waals surface area (Å²) in [5.74, 6) is 0.577. The van der Waals surface area contributed by atoms with Crippen LogP contribution >= 0.6 is 11.8 Å². The van der Waals surface area contributed by atoms with E-state index in [2.05, 4.69) is 16.9 Å². The Bertz CT molecular complexity index is 503. The summed E-state index contributed by atoms with van der Waals surface area (Å²) in [4.78, 5) is 21.1. The van der Waals surface area contributed by atoms with E-state index in [1.807, 2.05) is 20.8 Å². The monoisotopic (exact) mass is 342 g/mol. The smallest absolute Gasteiger partial charge is 0.322 e. The Hall–Kier alpha value is -1.50. The van der Waals surface area contributed by atoms with E-state index in [1.54, 1.807) is 6.07 Å². The summed E-state index contributed by atoms with van der Waals surface area (Å²) >= 11 is 1.27. The van der Waals surface area contributed by atoms with Gasteiger partial charge in [-0.15, -0.1) is 0 Å². The number of carbonyl (C=O) groups is 1. The molecule has 6 nitrogen and oxygen atoms in total. The van der Waals surface area contributed by atoms with Gasteiger partial charge in [-0.2, -0.15) is 9.97 Å². The molecule has 1 atom stereocenters. The molecular weight excluding hydrogens is 316 g/mol. The zero-order valence-corrected chi connectivity index (χ0v) is 15.5. The van der Waals surface area contributed by atoms with Crippen molar-refractivity contribution in [3.8, 4) is 11.8 Å². The zero-order chi connectivity index (χ0) is 17.5. The van der Waals surface area contributed by atoms with Gasteiger partial charge in [0.15, 0.2) is 5.16 Å². The normalized spacial score (nSPS) is 13.5.